The monoisotopic (exact) mass is 285 g/mol. The molecule has 1 saturated carbocycles. The summed E-state index contributed by atoms with van der Waals surface area (Å²) in [4.78, 5) is 13.9. The molecule has 21 heavy (non-hydrogen) atoms. The Bertz CT molecular complexity index is 603. The number of aromatic nitrogens is 2. The Balaban J connectivity index is 1.66. The zero-order chi connectivity index (χ0) is 14.8. The van der Waals surface area contributed by atoms with Gasteiger partial charge in [0.2, 0.25) is 0 Å². The average molecular weight is 285 g/mol. The van der Waals surface area contributed by atoms with Crippen LogP contribution in [0.25, 0.3) is 5.69 Å². The first-order valence-electron chi connectivity index (χ1n) is 7.19. The van der Waals surface area contributed by atoms with Gasteiger partial charge in [-0.25, -0.2) is 4.68 Å². The first kappa shape index (κ1) is 13.8. The summed E-state index contributed by atoms with van der Waals surface area (Å²) in [5.41, 5.74) is 1.54. The number of likely N-dealkylation sites (N-methyl/N-ethyl adjacent to an activating group) is 1. The molecule has 110 valence electrons. The Labute approximate surface area is 123 Å². The standard InChI is InChI=1S/C16H19N3O2/c1-18(11-15(20)12-3-4-12)16(21)13-5-7-14(8-6-13)19-10-2-9-17-19/h2,5-10,12,15,20H,3-4,11H2,1H3. The number of aliphatic hydroxyl groups excluding tert-OH is 1. The van der Waals surface area contributed by atoms with E-state index in [1.165, 1.54) is 0 Å². The molecule has 5 heteroatoms. The molecule has 1 heterocycles. The second kappa shape index (κ2) is 5.69. The molecule has 0 radical (unpaired) electrons. The SMILES string of the molecule is CN(CC(O)C1CC1)C(=O)c1ccc(-n2cccn2)cc1. The van der Waals surface area contributed by atoms with Crippen LogP contribution in [0.5, 0.6) is 0 Å². The number of carbonyl (C=O) groups is 1. The van der Waals surface area contributed by atoms with Crippen molar-refractivity contribution in [1.82, 2.24) is 14.7 Å². The van der Waals surface area contributed by atoms with Crippen LogP contribution in [-0.2, 0) is 0 Å². The van der Waals surface area contributed by atoms with Crippen LogP contribution in [0.2, 0.25) is 0 Å². The summed E-state index contributed by atoms with van der Waals surface area (Å²) >= 11 is 0. The lowest BCUT2D eigenvalue weighted by atomic mass is 10.1. The molecule has 0 saturated heterocycles. The Hall–Kier alpha value is -2.14. The van der Waals surface area contributed by atoms with Crippen molar-refractivity contribution in [2.45, 2.75) is 18.9 Å². The summed E-state index contributed by atoms with van der Waals surface area (Å²) < 4.78 is 1.74. The third kappa shape index (κ3) is 3.13. The number of carbonyl (C=O) groups excluding carboxylic acids is 1. The van der Waals surface area contributed by atoms with Crippen molar-refractivity contribution in [2.24, 2.45) is 5.92 Å². The summed E-state index contributed by atoms with van der Waals surface area (Å²) in [6.07, 6.45) is 5.31. The van der Waals surface area contributed by atoms with Crippen LogP contribution < -0.4 is 0 Å². The zero-order valence-electron chi connectivity index (χ0n) is 12.0. The maximum absolute atomic E-state index is 12.3. The third-order valence-electron chi connectivity index (χ3n) is 3.86. The van der Waals surface area contributed by atoms with E-state index in [1.54, 1.807) is 35.0 Å². The summed E-state index contributed by atoms with van der Waals surface area (Å²) in [6.45, 7) is 0.393. The van der Waals surface area contributed by atoms with Gasteiger partial charge >= 0.3 is 0 Å². The number of benzene rings is 1. The molecule has 5 nitrogen and oxygen atoms in total. The maximum atomic E-state index is 12.3. The molecule has 1 fully saturated rings. The Morgan fingerprint density at radius 2 is 2.14 bits per heavy atom. The zero-order valence-corrected chi connectivity index (χ0v) is 12.0. The molecule has 0 aliphatic heterocycles. The van der Waals surface area contributed by atoms with E-state index < -0.39 is 6.10 Å². The summed E-state index contributed by atoms with van der Waals surface area (Å²) in [5, 5.41) is 14.1. The van der Waals surface area contributed by atoms with Crippen molar-refractivity contribution in [3.8, 4) is 5.69 Å². The van der Waals surface area contributed by atoms with Gasteiger partial charge in [-0.1, -0.05) is 0 Å². The van der Waals surface area contributed by atoms with Crippen molar-refractivity contribution in [3.63, 3.8) is 0 Å². The summed E-state index contributed by atoms with van der Waals surface area (Å²) in [7, 11) is 1.73. The summed E-state index contributed by atoms with van der Waals surface area (Å²) in [5.74, 6) is 0.309. The average Bonchev–Trinajstić information content (AvgIpc) is 3.22. The minimum absolute atomic E-state index is 0.0679. The Morgan fingerprint density at radius 3 is 2.71 bits per heavy atom. The lowest BCUT2D eigenvalue weighted by Gasteiger charge is -2.20. The molecule has 0 bridgehead atoms. The van der Waals surface area contributed by atoms with Crippen molar-refractivity contribution < 1.29 is 9.90 Å². The number of rotatable bonds is 5. The first-order valence-corrected chi connectivity index (χ1v) is 7.19. The first-order chi connectivity index (χ1) is 10.1. The highest BCUT2D eigenvalue weighted by Gasteiger charge is 2.31. The lowest BCUT2D eigenvalue weighted by molar-refractivity contribution is 0.0645. The molecule has 2 aromatic rings. The van der Waals surface area contributed by atoms with E-state index in [-0.39, 0.29) is 5.91 Å². The fraction of sp³-hybridized carbons (Fsp3) is 0.375. The molecule has 1 amide bonds. The highest BCUT2D eigenvalue weighted by molar-refractivity contribution is 5.94. The molecular weight excluding hydrogens is 266 g/mol. The van der Waals surface area contributed by atoms with Crippen LogP contribution in [0.3, 0.4) is 0 Å². The fourth-order valence-electron chi connectivity index (χ4n) is 2.39. The number of hydrogen-bond acceptors (Lipinski definition) is 3. The van der Waals surface area contributed by atoms with Gasteiger partial charge in [0, 0.05) is 31.5 Å². The van der Waals surface area contributed by atoms with Gasteiger partial charge in [0.15, 0.2) is 0 Å². The Kier molecular flexibility index (Phi) is 3.75. The molecule has 3 rings (SSSR count). The number of hydrogen-bond donors (Lipinski definition) is 1. The van der Waals surface area contributed by atoms with E-state index >= 15 is 0 Å². The number of amides is 1. The van der Waals surface area contributed by atoms with Gasteiger partial charge in [0.1, 0.15) is 0 Å². The van der Waals surface area contributed by atoms with Gasteiger partial charge in [0.05, 0.1) is 11.8 Å². The second-order valence-electron chi connectivity index (χ2n) is 5.59. The van der Waals surface area contributed by atoms with Crippen molar-refractivity contribution in [1.29, 1.82) is 0 Å². The van der Waals surface area contributed by atoms with Crippen LogP contribution in [-0.4, -0.2) is 45.4 Å². The molecule has 1 aromatic carbocycles. The lowest BCUT2D eigenvalue weighted by Crippen LogP contribution is -2.35. The maximum Gasteiger partial charge on any atom is 0.253 e. The highest BCUT2D eigenvalue weighted by Crippen LogP contribution is 2.32. The van der Waals surface area contributed by atoms with E-state index in [2.05, 4.69) is 5.10 Å². The molecular formula is C16H19N3O2. The molecule has 1 atom stereocenters. The molecule has 1 unspecified atom stereocenters. The smallest absolute Gasteiger partial charge is 0.253 e. The van der Waals surface area contributed by atoms with Gasteiger partial charge in [-0.2, -0.15) is 5.10 Å². The molecule has 1 aliphatic carbocycles. The van der Waals surface area contributed by atoms with Crippen molar-refractivity contribution in [3.05, 3.63) is 48.3 Å². The predicted molar refractivity (Wildman–Crippen MR) is 79.3 cm³/mol. The van der Waals surface area contributed by atoms with E-state index in [4.69, 9.17) is 0 Å². The minimum Gasteiger partial charge on any atom is -0.391 e. The fourth-order valence-corrected chi connectivity index (χ4v) is 2.39. The molecule has 1 aromatic heterocycles. The van der Waals surface area contributed by atoms with Gasteiger partial charge in [0.25, 0.3) is 5.91 Å². The largest absolute Gasteiger partial charge is 0.391 e. The summed E-state index contributed by atoms with van der Waals surface area (Å²) in [6, 6.07) is 9.17. The van der Waals surface area contributed by atoms with Gasteiger partial charge in [-0.3, -0.25) is 4.79 Å². The minimum atomic E-state index is -0.401. The van der Waals surface area contributed by atoms with Gasteiger partial charge < -0.3 is 10.0 Å². The molecule has 1 aliphatic rings. The van der Waals surface area contributed by atoms with E-state index in [1.807, 2.05) is 24.4 Å². The van der Waals surface area contributed by atoms with Gasteiger partial charge in [-0.05, 0) is 49.1 Å². The molecule has 1 N–H and O–H groups in total. The van der Waals surface area contributed by atoms with Crippen LogP contribution >= 0.6 is 0 Å². The van der Waals surface area contributed by atoms with Crippen molar-refractivity contribution in [2.75, 3.05) is 13.6 Å². The van der Waals surface area contributed by atoms with E-state index in [0.717, 1.165) is 18.5 Å². The van der Waals surface area contributed by atoms with Crippen LogP contribution in [0, 0.1) is 5.92 Å². The number of nitrogens with zero attached hydrogens (tertiary/aromatic N) is 3. The topological polar surface area (TPSA) is 58.4 Å². The van der Waals surface area contributed by atoms with Crippen LogP contribution in [0.15, 0.2) is 42.7 Å². The van der Waals surface area contributed by atoms with E-state index in [9.17, 15) is 9.90 Å². The molecule has 0 spiro atoms. The van der Waals surface area contributed by atoms with Gasteiger partial charge in [-0.15, -0.1) is 0 Å². The quantitative estimate of drug-likeness (QED) is 0.910. The third-order valence-corrected chi connectivity index (χ3v) is 3.86. The predicted octanol–water partition coefficient (Wildman–Crippen LogP) is 1.72. The second-order valence-corrected chi connectivity index (χ2v) is 5.59. The van der Waals surface area contributed by atoms with E-state index in [0.29, 0.717) is 18.0 Å². The highest BCUT2D eigenvalue weighted by atomic mass is 16.3. The van der Waals surface area contributed by atoms with Crippen LogP contribution in [0.1, 0.15) is 23.2 Å². The van der Waals surface area contributed by atoms with Crippen molar-refractivity contribution >= 4 is 5.91 Å². The normalized spacial score (nSPS) is 15.7. The number of aliphatic hydroxyl groups is 1. The Morgan fingerprint density at radius 1 is 1.43 bits per heavy atom. The van der Waals surface area contributed by atoms with Crippen LogP contribution in [0.4, 0.5) is 0 Å².